The number of amides is 1. The number of ether oxygens (including phenoxy) is 2. The number of aromatic amines is 1. The maximum Gasteiger partial charge on any atom is 0.407 e. The second-order valence-corrected chi connectivity index (χ2v) is 7.34. The lowest BCUT2D eigenvalue weighted by molar-refractivity contribution is 0.0944. The second kappa shape index (κ2) is 9.71. The predicted octanol–water partition coefficient (Wildman–Crippen LogP) is 4.53. The molecule has 0 fully saturated rings. The van der Waals surface area contributed by atoms with Gasteiger partial charge in [-0.1, -0.05) is 15.9 Å². The number of nitrogens with one attached hydrogen (secondary N) is 1. The van der Waals surface area contributed by atoms with Crippen molar-refractivity contribution in [2.75, 3.05) is 33.4 Å². The molecule has 2 N–H and O–H groups in total. The molecule has 7 nitrogen and oxygen atoms in total. The number of rotatable bonds is 9. The summed E-state index contributed by atoms with van der Waals surface area (Å²) in [4.78, 5) is 11.8. The van der Waals surface area contributed by atoms with Crippen molar-refractivity contribution in [1.29, 1.82) is 0 Å². The first kappa shape index (κ1) is 21.1. The van der Waals surface area contributed by atoms with Crippen molar-refractivity contribution in [3.63, 3.8) is 0 Å². The summed E-state index contributed by atoms with van der Waals surface area (Å²) in [5.41, 5.74) is 1.77. The van der Waals surface area contributed by atoms with Crippen LogP contribution in [-0.4, -0.2) is 59.7 Å². The van der Waals surface area contributed by atoms with Crippen LogP contribution in [0.25, 0.3) is 22.2 Å². The molecule has 1 aromatic heterocycles. The topological polar surface area (TPSA) is 87.7 Å². The summed E-state index contributed by atoms with van der Waals surface area (Å²) in [5.74, 6) is 0.0197. The smallest absolute Gasteiger partial charge is 0.407 e. The number of carboxylic acid groups (broad SMARTS) is 1. The molecule has 3 aromatic rings. The molecule has 0 atom stereocenters. The van der Waals surface area contributed by atoms with Crippen LogP contribution in [0, 0.1) is 5.82 Å². The van der Waals surface area contributed by atoms with E-state index in [9.17, 15) is 9.18 Å². The first-order valence-electron chi connectivity index (χ1n) is 9.04. The monoisotopic (exact) mass is 465 g/mol. The fourth-order valence-corrected chi connectivity index (χ4v) is 3.09. The third-order valence-corrected chi connectivity index (χ3v) is 4.81. The zero-order valence-electron chi connectivity index (χ0n) is 15.8. The van der Waals surface area contributed by atoms with Gasteiger partial charge in [-0.3, -0.25) is 5.10 Å². The Kier molecular flexibility index (Phi) is 7.05. The molecule has 9 heteroatoms. The van der Waals surface area contributed by atoms with E-state index in [4.69, 9.17) is 14.6 Å². The largest absolute Gasteiger partial charge is 0.493 e. The van der Waals surface area contributed by atoms with E-state index in [1.807, 2.05) is 18.2 Å². The molecule has 0 unspecified atom stereocenters. The lowest BCUT2D eigenvalue weighted by Crippen LogP contribution is -2.28. The summed E-state index contributed by atoms with van der Waals surface area (Å²) >= 11 is 3.40. The van der Waals surface area contributed by atoms with Gasteiger partial charge in [-0.05, 0) is 30.3 Å². The number of aromatic nitrogens is 2. The van der Waals surface area contributed by atoms with E-state index in [2.05, 4.69) is 26.1 Å². The molecule has 154 valence electrons. The third-order valence-electron chi connectivity index (χ3n) is 4.32. The van der Waals surface area contributed by atoms with Crippen molar-refractivity contribution >= 4 is 32.9 Å². The van der Waals surface area contributed by atoms with E-state index in [1.54, 1.807) is 12.1 Å². The summed E-state index contributed by atoms with van der Waals surface area (Å²) in [6, 6.07) is 10.4. The van der Waals surface area contributed by atoms with Gasteiger partial charge in [-0.25, -0.2) is 9.18 Å². The summed E-state index contributed by atoms with van der Waals surface area (Å²) in [6.45, 7) is 1.43. The highest BCUT2D eigenvalue weighted by Gasteiger charge is 2.13. The van der Waals surface area contributed by atoms with Crippen LogP contribution in [0.3, 0.4) is 0 Å². The molecule has 3 rings (SSSR count). The SMILES string of the molecule is CN(CCOCCCOc1ccc(-c2n[nH]c3cc(Br)ccc23)c(F)c1)C(=O)O. The van der Waals surface area contributed by atoms with Crippen molar-refractivity contribution in [2.45, 2.75) is 6.42 Å². The average Bonchev–Trinajstić information content (AvgIpc) is 3.09. The number of carbonyl (C=O) groups is 1. The zero-order chi connectivity index (χ0) is 20.8. The average molecular weight is 466 g/mol. The minimum Gasteiger partial charge on any atom is -0.493 e. The molecule has 29 heavy (non-hydrogen) atoms. The molecule has 0 aliphatic heterocycles. The van der Waals surface area contributed by atoms with Crippen LogP contribution in [0.2, 0.25) is 0 Å². The van der Waals surface area contributed by atoms with Crippen LogP contribution in [-0.2, 0) is 4.74 Å². The van der Waals surface area contributed by atoms with Crippen LogP contribution in [0.15, 0.2) is 40.9 Å². The van der Waals surface area contributed by atoms with Gasteiger partial charge in [0.1, 0.15) is 17.3 Å². The number of hydrogen-bond acceptors (Lipinski definition) is 4. The summed E-state index contributed by atoms with van der Waals surface area (Å²) in [7, 11) is 1.48. The molecule has 0 radical (unpaired) electrons. The van der Waals surface area contributed by atoms with Gasteiger partial charge < -0.3 is 19.5 Å². The van der Waals surface area contributed by atoms with Crippen molar-refractivity contribution < 1.29 is 23.8 Å². The standard InChI is InChI=1S/C20H21BrFN3O4/c1-25(20(26)27)7-10-28-8-2-9-29-14-4-6-15(17(22)12-14)19-16-5-3-13(21)11-18(16)23-24-19/h3-6,11-12H,2,7-10H2,1H3,(H,23,24)(H,26,27). The number of halogens is 2. The van der Waals surface area contributed by atoms with Crippen LogP contribution in [0.5, 0.6) is 5.75 Å². The van der Waals surface area contributed by atoms with Gasteiger partial charge >= 0.3 is 6.09 Å². The van der Waals surface area contributed by atoms with Crippen molar-refractivity contribution in [3.8, 4) is 17.0 Å². The van der Waals surface area contributed by atoms with Gasteiger partial charge in [0.25, 0.3) is 0 Å². The lowest BCUT2D eigenvalue weighted by Gasteiger charge is -2.12. The Morgan fingerprint density at radius 2 is 2.07 bits per heavy atom. The summed E-state index contributed by atoms with van der Waals surface area (Å²) in [6.07, 6.45) is -0.378. The Hall–Kier alpha value is -2.65. The number of H-pyrrole nitrogens is 1. The number of hydrogen-bond donors (Lipinski definition) is 2. The molecular formula is C20H21BrFN3O4. The van der Waals surface area contributed by atoms with Crippen LogP contribution < -0.4 is 4.74 Å². The van der Waals surface area contributed by atoms with E-state index in [-0.39, 0.29) is 0 Å². The summed E-state index contributed by atoms with van der Waals surface area (Å²) < 4.78 is 26.5. The molecule has 0 saturated carbocycles. The minimum atomic E-state index is -0.988. The fourth-order valence-electron chi connectivity index (χ4n) is 2.72. The highest BCUT2D eigenvalue weighted by molar-refractivity contribution is 9.10. The van der Waals surface area contributed by atoms with Crippen molar-refractivity contribution in [3.05, 3.63) is 46.7 Å². The Labute approximate surface area is 175 Å². The fraction of sp³-hybridized carbons (Fsp3) is 0.300. The Morgan fingerprint density at radius 3 is 2.83 bits per heavy atom. The molecule has 0 spiro atoms. The molecule has 2 aromatic carbocycles. The van der Waals surface area contributed by atoms with E-state index in [0.29, 0.717) is 49.8 Å². The summed E-state index contributed by atoms with van der Waals surface area (Å²) in [5, 5.41) is 16.7. The second-order valence-electron chi connectivity index (χ2n) is 6.42. The molecule has 0 aliphatic carbocycles. The first-order chi connectivity index (χ1) is 14.0. The van der Waals surface area contributed by atoms with E-state index < -0.39 is 11.9 Å². The van der Waals surface area contributed by atoms with Crippen LogP contribution in [0.1, 0.15) is 6.42 Å². The number of benzene rings is 2. The van der Waals surface area contributed by atoms with Crippen molar-refractivity contribution in [1.82, 2.24) is 15.1 Å². The van der Waals surface area contributed by atoms with E-state index in [1.165, 1.54) is 13.1 Å². The lowest BCUT2D eigenvalue weighted by atomic mass is 10.1. The molecular weight excluding hydrogens is 445 g/mol. The quantitative estimate of drug-likeness (QED) is 0.453. The zero-order valence-corrected chi connectivity index (χ0v) is 17.4. The van der Waals surface area contributed by atoms with Gasteiger partial charge in [0.2, 0.25) is 0 Å². The highest BCUT2D eigenvalue weighted by atomic mass is 79.9. The maximum absolute atomic E-state index is 14.6. The normalized spacial score (nSPS) is 11.0. The minimum absolute atomic E-state index is 0.307. The highest BCUT2D eigenvalue weighted by Crippen LogP contribution is 2.31. The van der Waals surface area contributed by atoms with Gasteiger partial charge in [0.15, 0.2) is 0 Å². The van der Waals surface area contributed by atoms with Crippen LogP contribution >= 0.6 is 15.9 Å². The molecule has 1 amide bonds. The van der Waals surface area contributed by atoms with Gasteiger partial charge in [-0.2, -0.15) is 5.10 Å². The van der Waals surface area contributed by atoms with Gasteiger partial charge in [-0.15, -0.1) is 0 Å². The van der Waals surface area contributed by atoms with E-state index in [0.717, 1.165) is 20.3 Å². The Bertz CT molecular complexity index is 995. The Balaban J connectivity index is 1.50. The molecule has 1 heterocycles. The Morgan fingerprint density at radius 1 is 1.24 bits per heavy atom. The van der Waals surface area contributed by atoms with Crippen molar-refractivity contribution in [2.24, 2.45) is 0 Å². The van der Waals surface area contributed by atoms with E-state index >= 15 is 0 Å². The van der Waals surface area contributed by atoms with Crippen LogP contribution in [0.4, 0.5) is 9.18 Å². The van der Waals surface area contributed by atoms with Gasteiger partial charge in [0, 0.05) is 48.1 Å². The first-order valence-corrected chi connectivity index (χ1v) is 9.83. The molecule has 0 saturated heterocycles. The molecule has 0 bridgehead atoms. The number of likely N-dealkylation sites (N-methyl/N-ethyl adjacent to an activating group) is 1. The van der Waals surface area contributed by atoms with Gasteiger partial charge in [0.05, 0.1) is 18.7 Å². The number of fused-ring (bicyclic) bond motifs is 1. The third kappa shape index (κ3) is 5.45. The number of nitrogens with zero attached hydrogens (tertiary/aromatic N) is 2. The predicted molar refractivity (Wildman–Crippen MR) is 111 cm³/mol. The molecule has 0 aliphatic rings. The maximum atomic E-state index is 14.6.